The second kappa shape index (κ2) is 10.4. The first-order valence-electron chi connectivity index (χ1n) is 10.6. The van der Waals surface area contributed by atoms with Crippen LogP contribution in [0, 0.1) is 0 Å². The SMILES string of the molecule is CCOC(=O)C1(C(=O)OCC)N[C@H](c2ccc(Br)cc2)c2c(OC(C)=O)ccc(OC(C)=O)c21. The Labute approximate surface area is 204 Å². The van der Waals surface area contributed by atoms with Crippen LogP contribution in [0.25, 0.3) is 0 Å². The highest BCUT2D eigenvalue weighted by Gasteiger charge is 2.60. The highest BCUT2D eigenvalue weighted by molar-refractivity contribution is 9.10. The van der Waals surface area contributed by atoms with Gasteiger partial charge in [0.2, 0.25) is 5.54 Å². The number of hydrogen-bond acceptors (Lipinski definition) is 9. The van der Waals surface area contributed by atoms with Gasteiger partial charge in [0.25, 0.3) is 0 Å². The van der Waals surface area contributed by atoms with E-state index in [4.69, 9.17) is 18.9 Å². The molecule has 1 heterocycles. The lowest BCUT2D eigenvalue weighted by molar-refractivity contribution is -0.167. The van der Waals surface area contributed by atoms with Crippen molar-refractivity contribution in [1.82, 2.24) is 5.32 Å². The van der Waals surface area contributed by atoms with Crippen LogP contribution in [0.1, 0.15) is 50.4 Å². The molecule has 0 unspecified atom stereocenters. The van der Waals surface area contributed by atoms with Crippen molar-refractivity contribution in [2.45, 2.75) is 39.3 Å². The molecule has 0 bridgehead atoms. The predicted octanol–water partition coefficient (Wildman–Crippen LogP) is 3.31. The Kier molecular flexibility index (Phi) is 7.73. The van der Waals surface area contributed by atoms with Gasteiger partial charge in [0, 0.05) is 29.4 Å². The largest absolute Gasteiger partial charge is 0.464 e. The summed E-state index contributed by atoms with van der Waals surface area (Å²) in [7, 11) is 0. The van der Waals surface area contributed by atoms with Gasteiger partial charge in [-0.1, -0.05) is 28.1 Å². The van der Waals surface area contributed by atoms with Crippen LogP contribution >= 0.6 is 15.9 Å². The molecule has 34 heavy (non-hydrogen) atoms. The summed E-state index contributed by atoms with van der Waals surface area (Å²) < 4.78 is 22.2. The van der Waals surface area contributed by atoms with E-state index >= 15 is 0 Å². The first-order valence-corrected chi connectivity index (χ1v) is 11.4. The Balaban J connectivity index is 2.41. The van der Waals surface area contributed by atoms with E-state index in [-0.39, 0.29) is 35.8 Å². The molecule has 2 aromatic carbocycles. The third kappa shape index (κ3) is 4.69. The molecule has 2 aromatic rings. The second-order valence-electron chi connectivity index (χ2n) is 7.36. The van der Waals surface area contributed by atoms with Crippen LogP contribution in [-0.4, -0.2) is 37.1 Å². The lowest BCUT2D eigenvalue weighted by atomic mass is 9.87. The van der Waals surface area contributed by atoms with Crippen molar-refractivity contribution in [2.24, 2.45) is 0 Å². The number of esters is 4. The van der Waals surface area contributed by atoms with Crippen molar-refractivity contribution in [3.63, 3.8) is 0 Å². The molecule has 0 saturated heterocycles. The maximum Gasteiger partial charge on any atom is 0.343 e. The van der Waals surface area contributed by atoms with Crippen molar-refractivity contribution in [2.75, 3.05) is 13.2 Å². The molecule has 9 nitrogen and oxygen atoms in total. The Hall–Kier alpha value is -3.24. The first kappa shape index (κ1) is 25.4. The number of halogens is 1. The van der Waals surface area contributed by atoms with E-state index in [1.807, 2.05) is 0 Å². The Bertz CT molecular complexity index is 1110. The molecule has 0 spiro atoms. The van der Waals surface area contributed by atoms with E-state index in [1.54, 1.807) is 38.1 Å². The lowest BCUT2D eigenvalue weighted by Crippen LogP contribution is -2.54. The minimum Gasteiger partial charge on any atom is -0.464 e. The summed E-state index contributed by atoms with van der Waals surface area (Å²) >= 11 is 3.39. The van der Waals surface area contributed by atoms with Gasteiger partial charge in [-0.3, -0.25) is 14.9 Å². The number of ether oxygens (including phenoxy) is 4. The summed E-state index contributed by atoms with van der Waals surface area (Å²) in [6.07, 6.45) is 0. The predicted molar refractivity (Wildman–Crippen MR) is 123 cm³/mol. The third-order valence-corrected chi connectivity index (χ3v) is 5.59. The summed E-state index contributed by atoms with van der Waals surface area (Å²) in [4.78, 5) is 50.6. The molecule has 1 aliphatic heterocycles. The molecule has 1 atom stereocenters. The second-order valence-corrected chi connectivity index (χ2v) is 8.27. The van der Waals surface area contributed by atoms with Crippen molar-refractivity contribution in [3.8, 4) is 11.5 Å². The van der Waals surface area contributed by atoms with Crippen LogP contribution in [0.2, 0.25) is 0 Å². The molecule has 10 heteroatoms. The molecule has 0 aromatic heterocycles. The van der Waals surface area contributed by atoms with E-state index in [2.05, 4.69) is 21.2 Å². The Morgan fingerprint density at radius 1 is 0.853 bits per heavy atom. The lowest BCUT2D eigenvalue weighted by Gasteiger charge is -2.27. The number of carbonyl (C=O) groups excluding carboxylic acids is 4. The van der Waals surface area contributed by atoms with Crippen LogP contribution < -0.4 is 14.8 Å². The fourth-order valence-corrected chi connectivity index (χ4v) is 4.15. The van der Waals surface area contributed by atoms with E-state index in [1.165, 1.54) is 26.0 Å². The van der Waals surface area contributed by atoms with Gasteiger partial charge in [-0.15, -0.1) is 0 Å². The van der Waals surface area contributed by atoms with E-state index in [0.29, 0.717) is 5.56 Å². The van der Waals surface area contributed by atoms with Gasteiger partial charge in [-0.2, -0.15) is 0 Å². The van der Waals surface area contributed by atoms with Crippen LogP contribution in [0.5, 0.6) is 11.5 Å². The quantitative estimate of drug-likeness (QED) is 0.324. The van der Waals surface area contributed by atoms with Gasteiger partial charge in [0.1, 0.15) is 11.5 Å². The van der Waals surface area contributed by atoms with Crippen LogP contribution in [0.3, 0.4) is 0 Å². The molecule has 180 valence electrons. The summed E-state index contributed by atoms with van der Waals surface area (Å²) in [6.45, 7) is 5.58. The van der Waals surface area contributed by atoms with E-state index in [9.17, 15) is 19.2 Å². The van der Waals surface area contributed by atoms with Crippen molar-refractivity contribution >= 4 is 39.8 Å². The third-order valence-electron chi connectivity index (χ3n) is 5.07. The molecular weight excluding hydrogens is 510 g/mol. The number of rotatable bonds is 7. The Morgan fingerprint density at radius 2 is 1.35 bits per heavy atom. The van der Waals surface area contributed by atoms with Gasteiger partial charge in [-0.25, -0.2) is 9.59 Å². The smallest absolute Gasteiger partial charge is 0.343 e. The number of benzene rings is 2. The van der Waals surface area contributed by atoms with E-state index < -0.39 is 35.5 Å². The molecule has 3 rings (SSSR count). The number of fused-ring (bicyclic) bond motifs is 1. The maximum atomic E-state index is 13.4. The van der Waals surface area contributed by atoms with Gasteiger partial charge < -0.3 is 18.9 Å². The van der Waals surface area contributed by atoms with Gasteiger partial charge in [-0.05, 0) is 43.7 Å². The normalized spacial score (nSPS) is 15.7. The topological polar surface area (TPSA) is 117 Å². The molecule has 1 N–H and O–H groups in total. The first-order chi connectivity index (χ1) is 16.1. The molecule has 0 saturated carbocycles. The molecule has 0 amide bonds. The minimum absolute atomic E-state index is 0.00808. The van der Waals surface area contributed by atoms with Crippen LogP contribution in [0.15, 0.2) is 40.9 Å². The van der Waals surface area contributed by atoms with Gasteiger partial charge in [0.05, 0.1) is 19.3 Å². The van der Waals surface area contributed by atoms with Crippen LogP contribution in [0.4, 0.5) is 0 Å². The Morgan fingerprint density at radius 3 is 1.85 bits per heavy atom. The monoisotopic (exact) mass is 533 g/mol. The summed E-state index contributed by atoms with van der Waals surface area (Å²) in [5.74, 6) is -3.14. The summed E-state index contributed by atoms with van der Waals surface area (Å²) in [5, 5.41) is 3.06. The highest BCUT2D eigenvalue weighted by atomic mass is 79.9. The number of hydrogen-bond donors (Lipinski definition) is 1. The average Bonchev–Trinajstić information content (AvgIpc) is 3.14. The van der Waals surface area contributed by atoms with Crippen molar-refractivity contribution in [1.29, 1.82) is 0 Å². The van der Waals surface area contributed by atoms with Gasteiger partial charge >= 0.3 is 23.9 Å². The average molecular weight is 534 g/mol. The van der Waals surface area contributed by atoms with Crippen LogP contribution in [-0.2, 0) is 34.2 Å². The molecule has 0 aliphatic carbocycles. The molecule has 0 fully saturated rings. The van der Waals surface area contributed by atoms with Crippen molar-refractivity contribution in [3.05, 3.63) is 57.6 Å². The number of nitrogens with one attached hydrogen (secondary N) is 1. The zero-order valence-electron chi connectivity index (χ0n) is 19.1. The minimum atomic E-state index is -2.18. The fraction of sp³-hybridized carbons (Fsp3) is 0.333. The zero-order chi connectivity index (χ0) is 25.0. The van der Waals surface area contributed by atoms with E-state index in [0.717, 1.165) is 4.47 Å². The fourth-order valence-electron chi connectivity index (χ4n) is 3.89. The molecule has 1 aliphatic rings. The molecular formula is C24H24BrNO8. The highest BCUT2D eigenvalue weighted by Crippen LogP contribution is 2.51. The summed E-state index contributed by atoms with van der Waals surface area (Å²) in [5.41, 5.74) is -1.27. The molecule has 0 radical (unpaired) electrons. The maximum absolute atomic E-state index is 13.4. The van der Waals surface area contributed by atoms with Gasteiger partial charge in [0.15, 0.2) is 0 Å². The summed E-state index contributed by atoms with van der Waals surface area (Å²) in [6, 6.07) is 9.10. The standard InChI is InChI=1S/C24H24BrNO8/c1-5-31-22(29)24(23(30)32-6-2)20-18(34-14(4)28)12-11-17(33-13(3)27)19(20)21(26-24)15-7-9-16(25)10-8-15/h7-12,21,26H,5-6H2,1-4H3/t21-/m1/s1. The zero-order valence-corrected chi connectivity index (χ0v) is 20.7. The number of carbonyl (C=O) groups is 4. The van der Waals surface area contributed by atoms with Crippen molar-refractivity contribution < 1.29 is 38.1 Å².